The molecule has 1 aromatic carbocycles. The summed E-state index contributed by atoms with van der Waals surface area (Å²) >= 11 is 5.73. The van der Waals surface area contributed by atoms with E-state index in [0.29, 0.717) is 5.02 Å². The molecule has 0 unspecified atom stereocenters. The quantitative estimate of drug-likeness (QED) is 0.778. The summed E-state index contributed by atoms with van der Waals surface area (Å²) in [6, 6.07) is 6.89. The molecule has 0 amide bonds. The molecule has 0 saturated carbocycles. The first-order valence-electron chi connectivity index (χ1n) is 5.71. The maximum absolute atomic E-state index is 11.7. The Morgan fingerprint density at radius 1 is 1.32 bits per heavy atom. The van der Waals surface area contributed by atoms with Crippen LogP contribution in [0.5, 0.6) is 0 Å². The van der Waals surface area contributed by atoms with E-state index in [9.17, 15) is 13.2 Å². The van der Waals surface area contributed by atoms with Crippen molar-refractivity contribution in [1.29, 1.82) is 0 Å². The van der Waals surface area contributed by atoms with Gasteiger partial charge in [0.2, 0.25) is 10.0 Å². The van der Waals surface area contributed by atoms with Gasteiger partial charge in [0.05, 0.1) is 12.9 Å². The summed E-state index contributed by atoms with van der Waals surface area (Å²) in [6.45, 7) is 0.206. The number of halogens is 1. The summed E-state index contributed by atoms with van der Waals surface area (Å²) in [4.78, 5) is 10.9. The van der Waals surface area contributed by atoms with Crippen molar-refractivity contribution in [3.63, 3.8) is 0 Å². The number of benzene rings is 1. The normalized spacial score (nSPS) is 11.3. The van der Waals surface area contributed by atoms with Crippen LogP contribution in [0.2, 0.25) is 5.02 Å². The van der Waals surface area contributed by atoms with Crippen LogP contribution in [-0.4, -0.2) is 27.2 Å². The largest absolute Gasteiger partial charge is 0.469 e. The molecule has 0 aliphatic heterocycles. The third kappa shape index (κ3) is 6.56. The molecule has 106 valence electrons. The van der Waals surface area contributed by atoms with E-state index >= 15 is 0 Å². The highest BCUT2D eigenvalue weighted by Crippen LogP contribution is 2.09. The molecule has 7 heteroatoms. The van der Waals surface area contributed by atoms with Crippen molar-refractivity contribution < 1.29 is 17.9 Å². The first-order valence-corrected chi connectivity index (χ1v) is 7.74. The Bertz CT molecular complexity index is 513. The van der Waals surface area contributed by atoms with Crippen LogP contribution >= 0.6 is 11.6 Å². The molecule has 0 atom stereocenters. The molecule has 0 bridgehead atoms. The Kier molecular flexibility index (Phi) is 6.27. The van der Waals surface area contributed by atoms with E-state index in [0.717, 1.165) is 5.56 Å². The lowest BCUT2D eigenvalue weighted by molar-refractivity contribution is -0.140. The molecule has 1 rings (SSSR count). The minimum atomic E-state index is -3.38. The summed E-state index contributed by atoms with van der Waals surface area (Å²) in [6.07, 6.45) is 0.334. The lowest BCUT2D eigenvalue weighted by Gasteiger charge is -2.06. The third-order valence-corrected chi connectivity index (χ3v) is 4.09. The summed E-state index contributed by atoms with van der Waals surface area (Å²) in [5.41, 5.74) is 0.820. The van der Waals surface area contributed by atoms with Gasteiger partial charge in [-0.2, -0.15) is 0 Å². The van der Waals surface area contributed by atoms with Gasteiger partial charge in [-0.1, -0.05) is 23.7 Å². The van der Waals surface area contributed by atoms with Gasteiger partial charge in [0, 0.05) is 18.0 Å². The van der Waals surface area contributed by atoms with Crippen LogP contribution in [0.3, 0.4) is 0 Å². The van der Waals surface area contributed by atoms with Crippen molar-refractivity contribution in [2.24, 2.45) is 0 Å². The molecule has 0 spiro atoms. The number of ether oxygens (including phenoxy) is 1. The van der Waals surface area contributed by atoms with E-state index in [4.69, 9.17) is 11.6 Å². The minimum absolute atomic E-state index is 0.0956. The van der Waals surface area contributed by atoms with Gasteiger partial charge in [0.1, 0.15) is 0 Å². The summed E-state index contributed by atoms with van der Waals surface area (Å²) in [7, 11) is -2.11. The molecular weight excluding hydrogens is 290 g/mol. The van der Waals surface area contributed by atoms with E-state index in [2.05, 4.69) is 9.46 Å². The molecule has 1 aromatic rings. The van der Waals surface area contributed by atoms with Gasteiger partial charge >= 0.3 is 5.97 Å². The summed E-state index contributed by atoms with van der Waals surface area (Å²) in [5, 5.41) is 0.602. The van der Waals surface area contributed by atoms with Gasteiger partial charge in [0.25, 0.3) is 0 Å². The number of carbonyl (C=O) groups excluding carboxylic acids is 1. The van der Waals surface area contributed by atoms with E-state index in [1.807, 2.05) is 0 Å². The van der Waals surface area contributed by atoms with Crippen molar-refractivity contribution in [2.45, 2.75) is 19.4 Å². The number of hydrogen-bond donors (Lipinski definition) is 1. The van der Waals surface area contributed by atoms with Crippen molar-refractivity contribution in [3.8, 4) is 0 Å². The third-order valence-electron chi connectivity index (χ3n) is 2.43. The second kappa shape index (κ2) is 7.47. The number of sulfonamides is 1. The van der Waals surface area contributed by atoms with Gasteiger partial charge in [-0.25, -0.2) is 13.1 Å². The summed E-state index contributed by atoms with van der Waals surface area (Å²) in [5.74, 6) is -0.511. The molecule has 0 fully saturated rings. The highest BCUT2D eigenvalue weighted by Gasteiger charge is 2.11. The number of methoxy groups -OCH3 is 1. The fourth-order valence-electron chi connectivity index (χ4n) is 1.38. The minimum Gasteiger partial charge on any atom is -0.469 e. The molecule has 0 aliphatic rings. The van der Waals surface area contributed by atoms with Crippen molar-refractivity contribution in [2.75, 3.05) is 12.9 Å². The fraction of sp³-hybridized carbons (Fsp3) is 0.417. The second-order valence-corrected chi connectivity index (χ2v) is 6.31. The molecule has 0 radical (unpaired) electrons. The predicted octanol–water partition coefficient (Wildman–Crippen LogP) is 1.71. The zero-order valence-corrected chi connectivity index (χ0v) is 12.1. The summed E-state index contributed by atoms with van der Waals surface area (Å²) < 4.78 is 30.2. The SMILES string of the molecule is COC(=O)CCCS(=O)(=O)NCc1ccc(Cl)cc1. The Labute approximate surface area is 118 Å². The van der Waals surface area contributed by atoms with Crippen LogP contribution in [-0.2, 0) is 26.1 Å². The molecule has 0 aromatic heterocycles. The maximum atomic E-state index is 11.7. The van der Waals surface area contributed by atoms with Crippen LogP contribution in [0.25, 0.3) is 0 Å². The van der Waals surface area contributed by atoms with Crippen molar-refractivity contribution >= 4 is 27.6 Å². The van der Waals surface area contributed by atoms with Crippen LogP contribution < -0.4 is 4.72 Å². The fourth-order valence-corrected chi connectivity index (χ4v) is 2.56. The molecule has 0 aliphatic carbocycles. The van der Waals surface area contributed by atoms with Crippen LogP contribution in [0.15, 0.2) is 24.3 Å². The average Bonchev–Trinajstić information content (AvgIpc) is 2.38. The highest BCUT2D eigenvalue weighted by atomic mass is 35.5. The number of carbonyl (C=O) groups is 1. The van der Waals surface area contributed by atoms with Gasteiger partial charge in [-0.15, -0.1) is 0 Å². The maximum Gasteiger partial charge on any atom is 0.305 e. The predicted molar refractivity (Wildman–Crippen MR) is 73.3 cm³/mol. The zero-order valence-electron chi connectivity index (χ0n) is 10.6. The first kappa shape index (κ1) is 15.9. The van der Waals surface area contributed by atoms with Gasteiger partial charge in [0.15, 0.2) is 0 Å². The Balaban J connectivity index is 2.38. The molecular formula is C12H16ClNO4S. The van der Waals surface area contributed by atoms with E-state index in [1.54, 1.807) is 24.3 Å². The van der Waals surface area contributed by atoms with Crippen molar-refractivity contribution in [1.82, 2.24) is 4.72 Å². The number of hydrogen-bond acceptors (Lipinski definition) is 4. The number of rotatable bonds is 7. The zero-order chi connectivity index (χ0) is 14.3. The van der Waals surface area contributed by atoms with Crippen molar-refractivity contribution in [3.05, 3.63) is 34.9 Å². The van der Waals surface area contributed by atoms with E-state index < -0.39 is 16.0 Å². The Morgan fingerprint density at radius 2 is 1.95 bits per heavy atom. The molecule has 0 heterocycles. The van der Waals surface area contributed by atoms with Gasteiger partial charge in [-0.05, 0) is 24.1 Å². The first-order chi connectivity index (χ1) is 8.93. The molecule has 19 heavy (non-hydrogen) atoms. The van der Waals surface area contributed by atoms with Crippen LogP contribution in [0.4, 0.5) is 0 Å². The lowest BCUT2D eigenvalue weighted by Crippen LogP contribution is -2.26. The van der Waals surface area contributed by atoms with E-state index in [-0.39, 0.29) is 25.1 Å². The second-order valence-electron chi connectivity index (χ2n) is 3.95. The van der Waals surface area contributed by atoms with Crippen LogP contribution in [0, 0.1) is 0 Å². The molecule has 1 N–H and O–H groups in total. The van der Waals surface area contributed by atoms with E-state index in [1.165, 1.54) is 7.11 Å². The van der Waals surface area contributed by atoms with Gasteiger partial charge < -0.3 is 4.74 Å². The number of nitrogens with one attached hydrogen (secondary N) is 1. The lowest BCUT2D eigenvalue weighted by atomic mass is 10.2. The Morgan fingerprint density at radius 3 is 2.53 bits per heavy atom. The monoisotopic (exact) mass is 305 g/mol. The topological polar surface area (TPSA) is 72.5 Å². The standard InChI is InChI=1S/C12H16ClNO4S/c1-18-12(15)3-2-8-19(16,17)14-9-10-4-6-11(13)7-5-10/h4-7,14H,2-3,8-9H2,1H3. The molecule has 5 nitrogen and oxygen atoms in total. The van der Waals surface area contributed by atoms with Crippen LogP contribution in [0.1, 0.15) is 18.4 Å². The Hall–Kier alpha value is -1.11. The average molecular weight is 306 g/mol. The number of esters is 1. The van der Waals surface area contributed by atoms with Gasteiger partial charge in [-0.3, -0.25) is 4.79 Å². The highest BCUT2D eigenvalue weighted by molar-refractivity contribution is 7.89. The smallest absolute Gasteiger partial charge is 0.305 e. The molecule has 0 saturated heterocycles.